The van der Waals surface area contributed by atoms with E-state index < -0.39 is 12.0 Å². The maximum atomic E-state index is 14.1. The minimum absolute atomic E-state index is 0.0697. The minimum Gasteiger partial charge on any atom is -0.488 e. The molecule has 1 unspecified atom stereocenters. The summed E-state index contributed by atoms with van der Waals surface area (Å²) >= 11 is 0. The summed E-state index contributed by atoms with van der Waals surface area (Å²) < 4.78 is 40.3. The first-order valence-corrected chi connectivity index (χ1v) is 13.0. The second-order valence-electron chi connectivity index (χ2n) is 9.42. The van der Waals surface area contributed by atoms with Gasteiger partial charge in [-0.05, 0) is 30.7 Å². The van der Waals surface area contributed by atoms with Crippen molar-refractivity contribution in [3.05, 3.63) is 131 Å². The molecule has 0 aromatic heterocycles. The molecule has 0 radical (unpaired) electrons. The van der Waals surface area contributed by atoms with Crippen molar-refractivity contribution in [2.75, 3.05) is 6.54 Å². The van der Waals surface area contributed by atoms with Gasteiger partial charge in [-0.2, -0.15) is 0 Å². The summed E-state index contributed by atoms with van der Waals surface area (Å²) in [6.07, 6.45) is 0.228. The summed E-state index contributed by atoms with van der Waals surface area (Å²) in [7, 11) is 0. The number of carbonyl (C=O) groups is 1. The lowest BCUT2D eigenvalue weighted by molar-refractivity contribution is -0.138. The number of carboxylic acid groups (broad SMARTS) is 1. The first kappa shape index (κ1) is 28.7. The third-order valence-electron chi connectivity index (χ3n) is 6.49. The molecule has 208 valence electrons. The maximum Gasteiger partial charge on any atom is 0.320 e. The summed E-state index contributed by atoms with van der Waals surface area (Å²) in [4.78, 5) is 13.4. The highest BCUT2D eigenvalue weighted by Gasteiger charge is 2.18. The average molecular weight is 547 g/mol. The highest BCUT2D eigenvalue weighted by atomic mass is 19.1. The third-order valence-corrected chi connectivity index (χ3v) is 6.49. The van der Waals surface area contributed by atoms with Crippen molar-refractivity contribution in [2.45, 2.75) is 38.8 Å². The fraction of sp³-hybridized carbons (Fsp3) is 0.219. The van der Waals surface area contributed by atoms with Crippen LogP contribution in [-0.4, -0.2) is 28.6 Å². The minimum atomic E-state index is -1.07. The van der Waals surface area contributed by atoms with Gasteiger partial charge < -0.3 is 20.3 Å². The maximum absolute atomic E-state index is 14.1. The molecular weight excluding hydrogens is 514 g/mol. The van der Waals surface area contributed by atoms with E-state index in [0.717, 1.165) is 11.1 Å². The molecule has 40 heavy (non-hydrogen) atoms. The van der Waals surface area contributed by atoms with E-state index in [-0.39, 0.29) is 31.3 Å². The van der Waals surface area contributed by atoms with Crippen LogP contribution in [0.3, 0.4) is 0 Å². The van der Waals surface area contributed by atoms with Gasteiger partial charge in [0.1, 0.15) is 42.4 Å². The second-order valence-corrected chi connectivity index (χ2v) is 9.42. The lowest BCUT2D eigenvalue weighted by atomic mass is 10.1. The standard InChI is InChI=1S/C32H32F2N2O4/c33-27-13-5-1-11-25(27)21-39-30-15-7-3-9-23(30)19-36(18-17-29(35)32(37)38)20-24-10-4-8-16-31(24)40-22-26-12-2-6-14-28(26)34/h1-16,29H,17-22,35H2,(H,37,38). The summed E-state index contributed by atoms with van der Waals surface area (Å²) in [5.41, 5.74) is 8.42. The van der Waals surface area contributed by atoms with Crippen LogP contribution in [0.2, 0.25) is 0 Å². The van der Waals surface area contributed by atoms with E-state index in [9.17, 15) is 18.7 Å². The molecule has 0 aliphatic carbocycles. The van der Waals surface area contributed by atoms with Crippen molar-refractivity contribution in [1.29, 1.82) is 0 Å². The van der Waals surface area contributed by atoms with Gasteiger partial charge in [0, 0.05) is 41.9 Å². The fourth-order valence-corrected chi connectivity index (χ4v) is 4.23. The number of carboxylic acids is 1. The van der Waals surface area contributed by atoms with Crippen molar-refractivity contribution in [1.82, 2.24) is 4.90 Å². The first-order chi connectivity index (χ1) is 19.4. The normalized spacial score (nSPS) is 11.8. The van der Waals surface area contributed by atoms with E-state index >= 15 is 0 Å². The number of hydrogen-bond acceptors (Lipinski definition) is 5. The van der Waals surface area contributed by atoms with Crippen LogP contribution >= 0.6 is 0 Å². The van der Waals surface area contributed by atoms with Crippen LogP contribution in [0, 0.1) is 11.6 Å². The highest BCUT2D eigenvalue weighted by Crippen LogP contribution is 2.26. The van der Waals surface area contributed by atoms with Gasteiger partial charge in [-0.25, -0.2) is 8.78 Å². The van der Waals surface area contributed by atoms with Crippen LogP contribution in [-0.2, 0) is 31.1 Å². The largest absolute Gasteiger partial charge is 0.488 e. The number of para-hydroxylation sites is 2. The number of hydrogen-bond donors (Lipinski definition) is 2. The first-order valence-electron chi connectivity index (χ1n) is 13.0. The van der Waals surface area contributed by atoms with Crippen molar-refractivity contribution >= 4 is 5.97 Å². The number of benzene rings is 4. The van der Waals surface area contributed by atoms with Crippen LogP contribution in [0.25, 0.3) is 0 Å². The molecule has 0 fully saturated rings. The van der Waals surface area contributed by atoms with Crippen molar-refractivity contribution < 1.29 is 28.2 Å². The summed E-state index contributed by atoms with van der Waals surface area (Å²) in [6.45, 7) is 1.36. The zero-order valence-corrected chi connectivity index (χ0v) is 22.0. The predicted molar refractivity (Wildman–Crippen MR) is 149 cm³/mol. The number of aliphatic carboxylic acids is 1. The van der Waals surface area contributed by atoms with Crippen LogP contribution in [0.1, 0.15) is 28.7 Å². The molecule has 6 nitrogen and oxygen atoms in total. The Balaban J connectivity index is 1.52. The average Bonchev–Trinajstić information content (AvgIpc) is 2.96. The summed E-state index contributed by atoms with van der Waals surface area (Å²) in [5, 5.41) is 9.32. The van der Waals surface area contributed by atoms with Gasteiger partial charge in [0.2, 0.25) is 0 Å². The molecule has 4 rings (SSSR count). The fourth-order valence-electron chi connectivity index (χ4n) is 4.23. The zero-order valence-electron chi connectivity index (χ0n) is 22.0. The van der Waals surface area contributed by atoms with Crippen molar-refractivity contribution in [3.8, 4) is 11.5 Å². The van der Waals surface area contributed by atoms with Gasteiger partial charge in [0.25, 0.3) is 0 Å². The Morgan fingerprint density at radius 2 is 1.10 bits per heavy atom. The van der Waals surface area contributed by atoms with Crippen LogP contribution in [0.4, 0.5) is 8.78 Å². The van der Waals surface area contributed by atoms with E-state index in [4.69, 9.17) is 15.2 Å². The van der Waals surface area contributed by atoms with Gasteiger partial charge >= 0.3 is 5.97 Å². The van der Waals surface area contributed by atoms with Gasteiger partial charge in [-0.15, -0.1) is 0 Å². The van der Waals surface area contributed by atoms with E-state index in [1.54, 1.807) is 36.4 Å². The molecular formula is C32H32F2N2O4. The van der Waals surface area contributed by atoms with Crippen molar-refractivity contribution in [2.24, 2.45) is 5.73 Å². The SMILES string of the molecule is NC(CCN(Cc1ccccc1OCc1ccccc1F)Cc1ccccc1OCc1ccccc1F)C(=O)O. The van der Waals surface area contributed by atoms with Gasteiger partial charge in [-0.3, -0.25) is 9.69 Å². The Bertz CT molecular complexity index is 1320. The molecule has 0 bridgehead atoms. The summed E-state index contributed by atoms with van der Waals surface area (Å²) in [6, 6.07) is 26.8. The Kier molecular flexibility index (Phi) is 10.2. The number of ether oxygens (including phenoxy) is 2. The molecule has 0 spiro atoms. The van der Waals surface area contributed by atoms with E-state index in [1.807, 2.05) is 48.5 Å². The Labute approximate surface area is 232 Å². The number of rotatable bonds is 14. The van der Waals surface area contributed by atoms with Crippen LogP contribution < -0.4 is 15.2 Å². The molecule has 0 heterocycles. The number of nitrogens with two attached hydrogens (primary N) is 1. The summed E-state index contributed by atoms with van der Waals surface area (Å²) in [5.74, 6) is -0.542. The van der Waals surface area contributed by atoms with E-state index in [2.05, 4.69) is 4.90 Å². The molecule has 0 amide bonds. The van der Waals surface area contributed by atoms with Gasteiger partial charge in [-0.1, -0.05) is 72.8 Å². The Morgan fingerprint density at radius 1 is 0.700 bits per heavy atom. The number of nitrogens with zero attached hydrogens (tertiary/aromatic N) is 1. The third kappa shape index (κ3) is 8.11. The second kappa shape index (κ2) is 14.2. The van der Waals surface area contributed by atoms with Crippen LogP contribution in [0.5, 0.6) is 11.5 Å². The lowest BCUT2D eigenvalue weighted by Gasteiger charge is -2.25. The van der Waals surface area contributed by atoms with E-state index in [0.29, 0.717) is 42.3 Å². The highest BCUT2D eigenvalue weighted by molar-refractivity contribution is 5.73. The molecule has 3 N–H and O–H groups in total. The van der Waals surface area contributed by atoms with Gasteiger partial charge in [0.05, 0.1) is 0 Å². The molecule has 8 heteroatoms. The Morgan fingerprint density at radius 3 is 1.52 bits per heavy atom. The molecule has 4 aromatic rings. The molecule has 4 aromatic carbocycles. The van der Waals surface area contributed by atoms with Gasteiger partial charge in [0.15, 0.2) is 0 Å². The lowest BCUT2D eigenvalue weighted by Crippen LogP contribution is -2.35. The molecule has 0 saturated heterocycles. The zero-order chi connectivity index (χ0) is 28.3. The molecule has 1 atom stereocenters. The van der Waals surface area contributed by atoms with Crippen LogP contribution in [0.15, 0.2) is 97.1 Å². The molecule has 0 saturated carbocycles. The smallest absolute Gasteiger partial charge is 0.320 e. The molecule has 0 aliphatic heterocycles. The number of halogens is 2. The Hall–Kier alpha value is -4.27. The predicted octanol–water partition coefficient (Wildman–Crippen LogP) is 5.93. The van der Waals surface area contributed by atoms with Crippen molar-refractivity contribution in [3.63, 3.8) is 0 Å². The van der Waals surface area contributed by atoms with E-state index in [1.165, 1.54) is 12.1 Å². The molecule has 0 aliphatic rings. The quantitative estimate of drug-likeness (QED) is 0.204. The topological polar surface area (TPSA) is 85.0 Å². The monoisotopic (exact) mass is 546 g/mol.